The van der Waals surface area contributed by atoms with E-state index in [2.05, 4.69) is 413 Å². The van der Waals surface area contributed by atoms with E-state index in [1.165, 1.54) is 197 Å². The van der Waals surface area contributed by atoms with Crippen molar-refractivity contribution < 1.29 is 0 Å². The van der Waals surface area contributed by atoms with Crippen molar-refractivity contribution in [2.75, 3.05) is 0 Å². The molecule has 0 saturated heterocycles. The molecule has 0 unspecified atom stereocenters. The fraction of sp³-hybridized carbons (Fsp3) is 0. The summed E-state index contributed by atoms with van der Waals surface area (Å²) in [6.45, 7) is 0. The maximum atomic E-state index is 2.39. The third kappa shape index (κ3) is 11.1. The molecule has 0 fully saturated rings. The predicted molar refractivity (Wildman–Crippen MR) is 447 cm³/mol. The monoisotopic (exact) mass is 1320 g/mol. The van der Waals surface area contributed by atoms with Crippen LogP contribution in [-0.4, -0.2) is 0 Å². The van der Waals surface area contributed by atoms with Crippen LogP contribution in [0.5, 0.6) is 0 Å². The summed E-state index contributed by atoms with van der Waals surface area (Å²) in [7, 11) is 0. The molecule has 0 nitrogen and oxygen atoms in total. The first-order valence-corrected chi connectivity index (χ1v) is 36.0. The molecule has 0 saturated carbocycles. The molecule has 0 heterocycles. The van der Waals surface area contributed by atoms with Gasteiger partial charge < -0.3 is 0 Å². The summed E-state index contributed by atoms with van der Waals surface area (Å²) >= 11 is 0. The lowest BCUT2D eigenvalue weighted by Crippen LogP contribution is -1.92. The summed E-state index contributed by atoms with van der Waals surface area (Å²) in [6.07, 6.45) is 0. The SMILES string of the molecule is c1ccc(-c2ccc(-c3ccc4ccc(-c5c6ccccc6c(-c6ccc(-c7ccccc7)c7ccccc67)c6ccccc56)cc4c3)cc2)cc1.c1ccc(-c2cccc(-c3ccc4ccc(-c5c6ccccc6c(-c6ccc(-c7ccccc7)c7ccccc67)c6ccccc56)cc4c3)c2)cc1. The van der Waals surface area contributed by atoms with E-state index in [1.54, 1.807) is 0 Å². The average molecular weight is 1320 g/mol. The Kier molecular flexibility index (Phi) is 15.7. The van der Waals surface area contributed by atoms with Crippen molar-refractivity contribution in [3.63, 3.8) is 0 Å². The minimum absolute atomic E-state index is 1.22. The van der Waals surface area contributed by atoms with Crippen molar-refractivity contribution >= 4 is 86.2 Å². The van der Waals surface area contributed by atoms with Gasteiger partial charge in [-0.05, 0) is 228 Å². The third-order valence-corrected chi connectivity index (χ3v) is 21.3. The summed E-state index contributed by atoms with van der Waals surface area (Å²) in [5.74, 6) is 0. The van der Waals surface area contributed by atoms with Crippen LogP contribution < -0.4 is 0 Å². The largest absolute Gasteiger partial charge is 0.0622 e. The van der Waals surface area contributed by atoms with Gasteiger partial charge in [0.15, 0.2) is 0 Å². The molecule has 0 aromatic heterocycles. The van der Waals surface area contributed by atoms with Gasteiger partial charge in [-0.1, -0.05) is 382 Å². The second kappa shape index (κ2) is 26.5. The van der Waals surface area contributed by atoms with E-state index in [4.69, 9.17) is 0 Å². The quantitative estimate of drug-likeness (QED) is 0.120. The highest BCUT2D eigenvalue weighted by Gasteiger charge is 2.22. The molecule has 0 bridgehead atoms. The van der Waals surface area contributed by atoms with E-state index in [-0.39, 0.29) is 0 Å². The minimum atomic E-state index is 1.22. The highest BCUT2D eigenvalue weighted by Crippen LogP contribution is 2.50. The molecule has 484 valence electrons. The molecule has 0 amide bonds. The third-order valence-electron chi connectivity index (χ3n) is 21.3. The Balaban J connectivity index is 0.000000143. The summed E-state index contributed by atoms with van der Waals surface area (Å²) in [5, 5.41) is 20.1. The summed E-state index contributed by atoms with van der Waals surface area (Å²) < 4.78 is 0. The first kappa shape index (κ1) is 61.6. The van der Waals surface area contributed by atoms with Crippen LogP contribution in [0.4, 0.5) is 0 Å². The van der Waals surface area contributed by atoms with Crippen molar-refractivity contribution in [3.8, 4) is 111 Å². The van der Waals surface area contributed by atoms with Crippen molar-refractivity contribution in [3.05, 3.63) is 413 Å². The van der Waals surface area contributed by atoms with Crippen LogP contribution in [-0.2, 0) is 0 Å². The average Bonchev–Trinajstić information content (AvgIpc) is 0.729. The zero-order valence-electron chi connectivity index (χ0n) is 57.3. The van der Waals surface area contributed by atoms with Gasteiger partial charge in [-0.2, -0.15) is 0 Å². The van der Waals surface area contributed by atoms with Crippen LogP contribution in [0, 0.1) is 0 Å². The molecule has 0 aliphatic heterocycles. The smallest absolute Gasteiger partial charge is 0.00201 e. The van der Waals surface area contributed by atoms with Gasteiger partial charge in [0.2, 0.25) is 0 Å². The lowest BCUT2D eigenvalue weighted by atomic mass is 9.83. The Labute approximate surface area is 606 Å². The second-order valence-corrected chi connectivity index (χ2v) is 27.3. The minimum Gasteiger partial charge on any atom is -0.0622 e. The Hall–Kier alpha value is -13.5. The van der Waals surface area contributed by atoms with Crippen molar-refractivity contribution in [2.45, 2.75) is 0 Å². The lowest BCUT2D eigenvalue weighted by Gasteiger charge is -2.20. The summed E-state index contributed by atoms with van der Waals surface area (Å²) in [6, 6.07) is 151. The second-order valence-electron chi connectivity index (χ2n) is 27.3. The zero-order chi connectivity index (χ0) is 68.9. The molecule has 0 spiro atoms. The van der Waals surface area contributed by atoms with E-state index in [0.717, 1.165) is 0 Å². The maximum Gasteiger partial charge on any atom is -0.00201 e. The Morgan fingerprint density at radius 3 is 0.673 bits per heavy atom. The van der Waals surface area contributed by atoms with Crippen LogP contribution in [0.3, 0.4) is 0 Å². The van der Waals surface area contributed by atoms with Crippen LogP contribution in [0.25, 0.3) is 197 Å². The molecule has 0 radical (unpaired) electrons. The topological polar surface area (TPSA) is 0 Å². The molecular formula is C104H68. The Morgan fingerprint density at radius 2 is 0.308 bits per heavy atom. The molecule has 0 aliphatic carbocycles. The Bertz CT molecular complexity index is 6550. The van der Waals surface area contributed by atoms with Gasteiger partial charge in [0.1, 0.15) is 0 Å². The van der Waals surface area contributed by atoms with Crippen molar-refractivity contribution in [2.24, 2.45) is 0 Å². The highest BCUT2D eigenvalue weighted by molar-refractivity contribution is 6.26. The van der Waals surface area contributed by atoms with Gasteiger partial charge in [0.05, 0.1) is 0 Å². The first-order valence-electron chi connectivity index (χ1n) is 36.0. The summed E-state index contributed by atoms with van der Waals surface area (Å²) in [4.78, 5) is 0. The van der Waals surface area contributed by atoms with Gasteiger partial charge in [0.25, 0.3) is 0 Å². The van der Waals surface area contributed by atoms with E-state index >= 15 is 0 Å². The first-order chi connectivity index (χ1) is 51.6. The van der Waals surface area contributed by atoms with Gasteiger partial charge >= 0.3 is 0 Å². The number of rotatable bonds is 10. The molecule has 20 aromatic carbocycles. The van der Waals surface area contributed by atoms with Crippen LogP contribution in [0.15, 0.2) is 413 Å². The number of fused-ring (bicyclic) bond motifs is 8. The molecule has 20 aromatic rings. The van der Waals surface area contributed by atoms with E-state index in [1.807, 2.05) is 0 Å². The van der Waals surface area contributed by atoms with Gasteiger partial charge in [-0.3, -0.25) is 0 Å². The predicted octanol–water partition coefficient (Wildman–Crippen LogP) is 29.3. The zero-order valence-corrected chi connectivity index (χ0v) is 57.3. The molecule has 20 rings (SSSR count). The Morgan fingerprint density at radius 1 is 0.0962 bits per heavy atom. The molecule has 0 aliphatic rings. The van der Waals surface area contributed by atoms with Crippen molar-refractivity contribution in [1.29, 1.82) is 0 Å². The molecule has 0 atom stereocenters. The fourth-order valence-corrected chi connectivity index (χ4v) is 16.4. The number of hydrogen-bond acceptors (Lipinski definition) is 0. The maximum absolute atomic E-state index is 2.39. The van der Waals surface area contributed by atoms with Gasteiger partial charge in [0, 0.05) is 0 Å². The molecule has 0 N–H and O–H groups in total. The normalized spacial score (nSPS) is 11.5. The van der Waals surface area contributed by atoms with E-state index in [9.17, 15) is 0 Å². The number of hydrogen-bond donors (Lipinski definition) is 0. The molecule has 0 heteroatoms. The van der Waals surface area contributed by atoms with E-state index < -0.39 is 0 Å². The fourth-order valence-electron chi connectivity index (χ4n) is 16.4. The standard InChI is InChI=1S/2C52H34/c1-3-14-35(15-4-1)38-18-13-19-39(32-38)40-28-26-36-27-29-41(34-42(36)33-40)51-46-22-9-11-24-48(46)52(49-25-12-10-23-47(49)51)50-31-30-43(37-16-5-2-6-17-37)44-20-7-8-21-45(44)50;1-3-13-35(14-4-1)36-23-25-37(26-24-36)40-29-27-38-28-30-41(34-42(38)33-40)51-46-19-9-11-21-48(46)52(49-22-12-10-20-47(49)51)50-32-31-43(39-15-5-2-6-16-39)44-17-7-8-18-45(44)50/h2*1-34H. The van der Waals surface area contributed by atoms with Crippen LogP contribution in [0.1, 0.15) is 0 Å². The summed E-state index contributed by atoms with van der Waals surface area (Å²) in [5.41, 5.74) is 24.9. The van der Waals surface area contributed by atoms with Gasteiger partial charge in [-0.15, -0.1) is 0 Å². The van der Waals surface area contributed by atoms with Crippen LogP contribution >= 0.6 is 0 Å². The van der Waals surface area contributed by atoms with E-state index in [0.29, 0.717) is 0 Å². The number of benzene rings is 20. The van der Waals surface area contributed by atoms with Crippen molar-refractivity contribution in [1.82, 2.24) is 0 Å². The molecular weight excluding hydrogens is 1250 g/mol. The van der Waals surface area contributed by atoms with Crippen LogP contribution in [0.2, 0.25) is 0 Å². The molecule has 104 heavy (non-hydrogen) atoms. The lowest BCUT2D eigenvalue weighted by molar-refractivity contribution is 1.60. The van der Waals surface area contributed by atoms with Gasteiger partial charge in [-0.25, -0.2) is 0 Å². The highest BCUT2D eigenvalue weighted by atomic mass is 14.3.